The SMILES string of the molecule is CCN(CC(=O)O)C1CC(NC(=O)Nc2ccc(OC3CCC3)c(F)c2)C1. The molecular weight excluding hydrogens is 353 g/mol. The number of urea groups is 1. The van der Waals surface area contributed by atoms with Crippen molar-refractivity contribution in [2.24, 2.45) is 0 Å². The Bertz CT molecular complexity index is 690. The number of carbonyl (C=O) groups is 2. The fourth-order valence-corrected chi connectivity index (χ4v) is 3.37. The lowest BCUT2D eigenvalue weighted by Crippen LogP contribution is -2.55. The summed E-state index contributed by atoms with van der Waals surface area (Å²) in [6.45, 7) is 2.59. The second-order valence-corrected chi connectivity index (χ2v) is 7.19. The molecular formula is C19H26FN3O4. The molecule has 2 fully saturated rings. The number of hydrogen-bond donors (Lipinski definition) is 3. The molecule has 3 rings (SSSR count). The number of rotatable bonds is 8. The van der Waals surface area contributed by atoms with Gasteiger partial charge < -0.3 is 20.5 Å². The molecule has 0 aliphatic heterocycles. The highest BCUT2D eigenvalue weighted by molar-refractivity contribution is 5.89. The number of hydrogen-bond acceptors (Lipinski definition) is 4. The number of carbonyl (C=O) groups excluding carboxylic acids is 1. The average molecular weight is 379 g/mol. The molecule has 1 aromatic rings. The molecule has 3 N–H and O–H groups in total. The number of nitrogens with zero attached hydrogens (tertiary/aromatic N) is 1. The van der Waals surface area contributed by atoms with E-state index in [1.807, 2.05) is 11.8 Å². The molecule has 0 radical (unpaired) electrons. The van der Waals surface area contributed by atoms with Gasteiger partial charge in [-0.15, -0.1) is 0 Å². The number of carboxylic acids is 1. The Labute approximate surface area is 157 Å². The average Bonchev–Trinajstić information content (AvgIpc) is 2.53. The van der Waals surface area contributed by atoms with Crippen LogP contribution in [0.5, 0.6) is 5.75 Å². The van der Waals surface area contributed by atoms with Crippen molar-refractivity contribution in [3.63, 3.8) is 0 Å². The molecule has 27 heavy (non-hydrogen) atoms. The Balaban J connectivity index is 1.43. The van der Waals surface area contributed by atoms with Crippen LogP contribution < -0.4 is 15.4 Å². The molecule has 2 aliphatic rings. The number of anilines is 1. The van der Waals surface area contributed by atoms with Gasteiger partial charge in [-0.05, 0) is 50.8 Å². The normalized spacial score (nSPS) is 21.9. The number of nitrogens with one attached hydrogen (secondary N) is 2. The molecule has 148 valence electrons. The molecule has 0 saturated heterocycles. The lowest BCUT2D eigenvalue weighted by molar-refractivity contribution is -0.139. The van der Waals surface area contributed by atoms with Gasteiger partial charge in [-0.3, -0.25) is 9.69 Å². The summed E-state index contributed by atoms with van der Waals surface area (Å²) in [5.41, 5.74) is 0.364. The zero-order valence-corrected chi connectivity index (χ0v) is 15.4. The van der Waals surface area contributed by atoms with Crippen LogP contribution in [0.1, 0.15) is 39.0 Å². The maximum absolute atomic E-state index is 14.1. The first-order valence-corrected chi connectivity index (χ1v) is 9.44. The van der Waals surface area contributed by atoms with Crippen LogP contribution in [0, 0.1) is 5.82 Å². The molecule has 0 atom stereocenters. The van der Waals surface area contributed by atoms with Gasteiger partial charge >= 0.3 is 12.0 Å². The van der Waals surface area contributed by atoms with Crippen LogP contribution in [0.2, 0.25) is 0 Å². The fraction of sp³-hybridized carbons (Fsp3) is 0.579. The van der Waals surface area contributed by atoms with E-state index in [1.165, 1.54) is 12.1 Å². The van der Waals surface area contributed by atoms with E-state index >= 15 is 0 Å². The van der Waals surface area contributed by atoms with E-state index in [-0.39, 0.29) is 30.5 Å². The molecule has 2 saturated carbocycles. The zero-order valence-electron chi connectivity index (χ0n) is 15.4. The Morgan fingerprint density at radius 3 is 2.63 bits per heavy atom. The van der Waals surface area contributed by atoms with Crippen molar-refractivity contribution in [3.8, 4) is 5.75 Å². The standard InChI is InChI=1S/C19H26FN3O4/c1-2-23(11-18(24)25)14-8-13(9-14)22-19(26)21-12-6-7-17(16(20)10-12)27-15-4-3-5-15/h6-7,10,13-15H,2-5,8-9,11H2,1H3,(H,24,25)(H2,21,22,26). The first-order chi connectivity index (χ1) is 12.9. The molecule has 0 unspecified atom stereocenters. The summed E-state index contributed by atoms with van der Waals surface area (Å²) in [6.07, 6.45) is 4.52. The number of likely N-dealkylation sites (N-methyl/N-ethyl adjacent to an activating group) is 1. The summed E-state index contributed by atoms with van der Waals surface area (Å²) in [4.78, 5) is 24.8. The monoisotopic (exact) mass is 379 g/mol. The van der Waals surface area contributed by atoms with Crippen molar-refractivity contribution in [1.29, 1.82) is 0 Å². The van der Waals surface area contributed by atoms with Gasteiger partial charge in [-0.25, -0.2) is 9.18 Å². The number of halogens is 1. The first kappa shape index (κ1) is 19.4. The minimum Gasteiger partial charge on any atom is -0.487 e. The van der Waals surface area contributed by atoms with Crippen LogP contribution in [0.15, 0.2) is 18.2 Å². The third-order valence-corrected chi connectivity index (χ3v) is 5.24. The van der Waals surface area contributed by atoms with Crippen molar-refractivity contribution in [2.45, 2.75) is 57.2 Å². The third kappa shape index (κ3) is 5.09. The molecule has 2 aliphatic carbocycles. The minimum absolute atomic E-state index is 0.00857. The van der Waals surface area contributed by atoms with Crippen LogP contribution in [0.25, 0.3) is 0 Å². The molecule has 0 heterocycles. The Kier molecular flexibility index (Phi) is 6.15. The van der Waals surface area contributed by atoms with E-state index in [2.05, 4.69) is 10.6 Å². The van der Waals surface area contributed by atoms with Crippen LogP contribution in [0.4, 0.5) is 14.9 Å². The van der Waals surface area contributed by atoms with Crippen LogP contribution in [-0.2, 0) is 4.79 Å². The Hall–Kier alpha value is -2.35. The maximum atomic E-state index is 14.1. The highest BCUT2D eigenvalue weighted by Crippen LogP contribution is 2.29. The first-order valence-electron chi connectivity index (χ1n) is 9.44. The number of carboxylic acid groups (broad SMARTS) is 1. The molecule has 0 aromatic heterocycles. The lowest BCUT2D eigenvalue weighted by Gasteiger charge is -2.42. The van der Waals surface area contributed by atoms with Gasteiger partial charge in [-0.2, -0.15) is 0 Å². The number of amides is 2. The topological polar surface area (TPSA) is 90.9 Å². The van der Waals surface area contributed by atoms with E-state index < -0.39 is 17.8 Å². The van der Waals surface area contributed by atoms with Gasteiger partial charge in [0, 0.05) is 23.8 Å². The van der Waals surface area contributed by atoms with Gasteiger partial charge in [0.25, 0.3) is 0 Å². The van der Waals surface area contributed by atoms with Gasteiger partial charge in [0.2, 0.25) is 0 Å². The van der Waals surface area contributed by atoms with E-state index in [0.717, 1.165) is 19.3 Å². The summed E-state index contributed by atoms with van der Waals surface area (Å²) in [5.74, 6) is -1.13. The molecule has 7 nitrogen and oxygen atoms in total. The molecule has 2 amide bonds. The van der Waals surface area contributed by atoms with Crippen molar-refractivity contribution in [2.75, 3.05) is 18.4 Å². The number of ether oxygens (including phenoxy) is 1. The summed E-state index contributed by atoms with van der Waals surface area (Å²) in [5, 5.41) is 14.4. The molecule has 1 aromatic carbocycles. The van der Waals surface area contributed by atoms with Crippen molar-refractivity contribution in [3.05, 3.63) is 24.0 Å². The summed E-state index contributed by atoms with van der Waals surface area (Å²) < 4.78 is 19.6. The van der Waals surface area contributed by atoms with Crippen molar-refractivity contribution in [1.82, 2.24) is 10.2 Å². The Morgan fingerprint density at radius 2 is 2.07 bits per heavy atom. The minimum atomic E-state index is -0.849. The lowest BCUT2D eigenvalue weighted by atomic mass is 9.85. The van der Waals surface area contributed by atoms with Crippen molar-refractivity contribution >= 4 is 17.7 Å². The predicted octanol–water partition coefficient (Wildman–Crippen LogP) is 2.82. The predicted molar refractivity (Wildman–Crippen MR) is 98.5 cm³/mol. The van der Waals surface area contributed by atoms with E-state index in [4.69, 9.17) is 9.84 Å². The second kappa shape index (κ2) is 8.56. The van der Waals surface area contributed by atoms with E-state index in [9.17, 15) is 14.0 Å². The summed E-state index contributed by atoms with van der Waals surface area (Å²) >= 11 is 0. The smallest absolute Gasteiger partial charge is 0.319 e. The summed E-state index contributed by atoms with van der Waals surface area (Å²) in [6, 6.07) is 4.16. The van der Waals surface area contributed by atoms with Gasteiger partial charge in [0.15, 0.2) is 11.6 Å². The van der Waals surface area contributed by atoms with Gasteiger partial charge in [-0.1, -0.05) is 6.92 Å². The maximum Gasteiger partial charge on any atom is 0.319 e. The largest absolute Gasteiger partial charge is 0.487 e. The molecule has 0 spiro atoms. The zero-order chi connectivity index (χ0) is 19.4. The molecule has 0 bridgehead atoms. The van der Waals surface area contributed by atoms with Crippen LogP contribution in [-0.4, -0.2) is 53.3 Å². The van der Waals surface area contributed by atoms with E-state index in [1.54, 1.807) is 6.07 Å². The van der Waals surface area contributed by atoms with Crippen LogP contribution in [0.3, 0.4) is 0 Å². The number of aliphatic carboxylic acids is 1. The van der Waals surface area contributed by atoms with Crippen molar-refractivity contribution < 1.29 is 23.8 Å². The number of benzene rings is 1. The third-order valence-electron chi connectivity index (χ3n) is 5.24. The highest BCUT2D eigenvalue weighted by Gasteiger charge is 2.34. The highest BCUT2D eigenvalue weighted by atomic mass is 19.1. The molecule has 8 heteroatoms. The van der Waals surface area contributed by atoms with E-state index in [0.29, 0.717) is 25.1 Å². The van der Waals surface area contributed by atoms with Crippen LogP contribution >= 0.6 is 0 Å². The quantitative estimate of drug-likeness (QED) is 0.646. The van der Waals surface area contributed by atoms with Gasteiger partial charge in [0.1, 0.15) is 0 Å². The Morgan fingerprint density at radius 1 is 1.33 bits per heavy atom. The van der Waals surface area contributed by atoms with Gasteiger partial charge in [0.05, 0.1) is 12.6 Å². The summed E-state index contributed by atoms with van der Waals surface area (Å²) in [7, 11) is 0. The second-order valence-electron chi connectivity index (χ2n) is 7.19. The fourth-order valence-electron chi connectivity index (χ4n) is 3.37.